The van der Waals surface area contributed by atoms with Crippen LogP contribution in [0, 0.1) is 0 Å². The molecule has 1 aromatic heterocycles. The minimum absolute atomic E-state index is 0.0320. The van der Waals surface area contributed by atoms with Gasteiger partial charge in [-0.05, 0) is 73.5 Å². The minimum atomic E-state index is 0.0320. The van der Waals surface area contributed by atoms with Crippen molar-refractivity contribution in [2.75, 3.05) is 0 Å². The standard InChI is InChI=1S/C24H54P6/c1-19(2,3)25(20(4,5)6)28-29(26(21(7,8)9)22(10,11)12)30(28)27(23(13,14)15)24(16,17)18/h1-18H3. The van der Waals surface area contributed by atoms with E-state index in [4.69, 9.17) is 0 Å². The zero-order valence-electron chi connectivity index (χ0n) is 23.7. The predicted molar refractivity (Wildman–Crippen MR) is 160 cm³/mol. The Bertz CT molecular complexity index is 540. The Balaban J connectivity index is 4.00. The highest BCUT2D eigenvalue weighted by Gasteiger charge is 2.53. The molecule has 1 rings (SSSR count). The van der Waals surface area contributed by atoms with Crippen molar-refractivity contribution in [1.29, 1.82) is 0 Å². The topological polar surface area (TPSA) is 0 Å². The first kappa shape index (κ1) is 30.2. The van der Waals surface area contributed by atoms with E-state index in [0.717, 1.165) is 0 Å². The Kier molecular flexibility index (Phi) is 9.07. The second kappa shape index (κ2) is 9.00. The molecule has 0 unspecified atom stereocenters. The summed E-state index contributed by atoms with van der Waals surface area (Å²) in [7, 11) is 0.0961. The van der Waals surface area contributed by atoms with Crippen molar-refractivity contribution in [3.8, 4) is 0 Å². The van der Waals surface area contributed by atoms with E-state index >= 15 is 0 Å². The molecule has 0 nitrogen and oxygen atoms in total. The first-order valence-electron chi connectivity index (χ1n) is 11.5. The highest BCUT2D eigenvalue weighted by molar-refractivity contribution is 9.10. The monoisotopic (exact) mass is 528 g/mol. The van der Waals surface area contributed by atoms with Gasteiger partial charge in [0.05, 0.1) is 0 Å². The average molecular weight is 529 g/mol. The fraction of sp³-hybridized carbons (Fsp3) is 1.00. The average Bonchev–Trinajstić information content (AvgIpc) is 2.90. The fourth-order valence-electron chi connectivity index (χ4n) is 5.22. The Morgan fingerprint density at radius 1 is 0.267 bits per heavy atom. The summed E-state index contributed by atoms with van der Waals surface area (Å²) in [5.74, 6) is 0. The van der Waals surface area contributed by atoms with Crippen LogP contribution in [0.1, 0.15) is 125 Å². The lowest BCUT2D eigenvalue weighted by atomic mass is 10.2. The molecule has 0 aromatic carbocycles. The van der Waals surface area contributed by atoms with Crippen LogP contribution in [0.3, 0.4) is 0 Å². The molecule has 30 heavy (non-hydrogen) atoms. The van der Waals surface area contributed by atoms with Gasteiger partial charge in [0.2, 0.25) is 0 Å². The molecule has 1 aromatic rings. The molecule has 0 aliphatic carbocycles. The van der Waals surface area contributed by atoms with Crippen LogP contribution in [0.5, 0.6) is 0 Å². The second-order valence-corrected chi connectivity index (χ2v) is 49.2. The van der Waals surface area contributed by atoms with Gasteiger partial charge in [-0.2, -0.15) is 0 Å². The van der Waals surface area contributed by atoms with Gasteiger partial charge in [-0.1, -0.05) is 125 Å². The number of hydrogen-bond donors (Lipinski definition) is 0. The summed E-state index contributed by atoms with van der Waals surface area (Å²) in [5.41, 5.74) is 0. The fourth-order valence-corrected chi connectivity index (χ4v) is 117. The van der Waals surface area contributed by atoms with E-state index < -0.39 is 0 Å². The van der Waals surface area contributed by atoms with Crippen molar-refractivity contribution in [2.45, 2.75) is 156 Å². The third-order valence-electron chi connectivity index (χ3n) is 4.80. The molecule has 0 saturated carbocycles. The van der Waals surface area contributed by atoms with Crippen LogP contribution < -0.4 is 0 Å². The summed E-state index contributed by atoms with van der Waals surface area (Å²) in [6.07, 6.45) is 0. The van der Waals surface area contributed by atoms with Crippen molar-refractivity contribution in [3.05, 3.63) is 0 Å². The summed E-state index contributed by atoms with van der Waals surface area (Å²) >= 11 is 0. The molecule has 0 bridgehead atoms. The van der Waals surface area contributed by atoms with Gasteiger partial charge in [0.15, 0.2) is 0 Å². The first-order valence-corrected chi connectivity index (χ1v) is 23.8. The maximum Gasteiger partial charge on any atom is -0.00952 e. The zero-order valence-corrected chi connectivity index (χ0v) is 29.0. The van der Waals surface area contributed by atoms with E-state index in [1.54, 1.807) is 0 Å². The quantitative estimate of drug-likeness (QED) is 0.342. The van der Waals surface area contributed by atoms with Crippen molar-refractivity contribution in [2.24, 2.45) is 0 Å². The summed E-state index contributed by atoms with van der Waals surface area (Å²) in [5, 5.41) is 2.78. The molecular formula is C24H54P6. The van der Waals surface area contributed by atoms with Crippen LogP contribution in [0.4, 0.5) is 0 Å². The lowest BCUT2D eigenvalue weighted by Gasteiger charge is -2.42. The van der Waals surface area contributed by atoms with E-state index in [9.17, 15) is 0 Å². The third kappa shape index (κ3) is 7.10. The lowest BCUT2D eigenvalue weighted by molar-refractivity contribution is 0.719. The maximum absolute atomic E-state index is 2.58. The van der Waals surface area contributed by atoms with Crippen molar-refractivity contribution in [1.82, 2.24) is 0 Å². The van der Waals surface area contributed by atoms with Crippen LogP contribution in [-0.2, 0) is 0 Å². The highest BCUT2D eigenvalue weighted by atomic mass is 33.1. The predicted octanol–water partition coefficient (Wildman–Crippen LogP) is 13.2. The highest BCUT2D eigenvalue weighted by Crippen LogP contribution is 3.18. The van der Waals surface area contributed by atoms with Crippen LogP contribution >= 0.6 is 42.6 Å². The summed E-state index contributed by atoms with van der Waals surface area (Å²) in [6.45, 7) is 47.1. The third-order valence-corrected chi connectivity index (χ3v) is 68.3. The van der Waals surface area contributed by atoms with E-state index in [2.05, 4.69) is 125 Å². The van der Waals surface area contributed by atoms with E-state index in [-0.39, 0.29) is 42.6 Å². The van der Waals surface area contributed by atoms with E-state index in [1.807, 2.05) is 0 Å². The molecule has 0 radical (unpaired) electrons. The Hall–Kier alpha value is 2.19. The smallest absolute Gasteiger partial charge is 0.00952 e. The SMILES string of the molecule is CC(C)(C)P(p1p(P(C(C)(C)C)C(C)(C)C)p1P(C(C)(C)C)C(C)(C)C)C(C)(C)C. The molecule has 0 saturated heterocycles. The second-order valence-electron chi connectivity index (χ2n) is 14.8. The largest absolute Gasteiger partial charge is 0.0556 e. The summed E-state index contributed by atoms with van der Waals surface area (Å²) in [4.78, 5) is 0. The molecule has 0 aliphatic rings. The molecule has 6 heteroatoms. The number of hydrogen-bond acceptors (Lipinski definition) is 0. The van der Waals surface area contributed by atoms with Crippen LogP contribution in [0.25, 0.3) is 0 Å². The molecule has 0 spiro atoms. The molecule has 0 aliphatic heterocycles. The van der Waals surface area contributed by atoms with Crippen LogP contribution in [-0.4, -0.2) is 30.9 Å². The first-order chi connectivity index (χ1) is 12.7. The van der Waals surface area contributed by atoms with Gasteiger partial charge >= 0.3 is 0 Å². The summed E-state index contributed by atoms with van der Waals surface area (Å²) < 4.78 is 0. The van der Waals surface area contributed by atoms with Gasteiger partial charge in [-0.15, -0.1) is 0 Å². The molecule has 180 valence electrons. The Morgan fingerprint density at radius 3 is 0.433 bits per heavy atom. The van der Waals surface area contributed by atoms with Gasteiger partial charge in [-0.3, -0.25) is 0 Å². The summed E-state index contributed by atoms with van der Waals surface area (Å²) in [6, 6.07) is 0. The van der Waals surface area contributed by atoms with Gasteiger partial charge in [0.1, 0.15) is 0 Å². The van der Waals surface area contributed by atoms with Crippen molar-refractivity contribution in [3.63, 3.8) is 0 Å². The maximum atomic E-state index is 2.58. The molecular weight excluding hydrogens is 474 g/mol. The molecule has 0 fully saturated rings. The Morgan fingerprint density at radius 2 is 0.367 bits per heavy atom. The van der Waals surface area contributed by atoms with Gasteiger partial charge < -0.3 is 0 Å². The van der Waals surface area contributed by atoms with E-state index in [0.29, 0.717) is 30.9 Å². The van der Waals surface area contributed by atoms with Crippen LogP contribution in [0.15, 0.2) is 0 Å². The zero-order chi connectivity index (χ0) is 24.5. The van der Waals surface area contributed by atoms with E-state index in [1.165, 1.54) is 0 Å². The molecule has 0 atom stereocenters. The van der Waals surface area contributed by atoms with Gasteiger partial charge in [-0.25, -0.2) is 0 Å². The van der Waals surface area contributed by atoms with Gasteiger partial charge in [0.25, 0.3) is 0 Å². The lowest BCUT2D eigenvalue weighted by Crippen LogP contribution is -2.22. The van der Waals surface area contributed by atoms with Crippen molar-refractivity contribution >= 4 is 42.6 Å². The normalized spacial score (nSPS) is 17.7. The molecule has 0 amide bonds. The number of rotatable bonds is 3. The molecule has 0 N–H and O–H groups in total. The van der Waals surface area contributed by atoms with Crippen LogP contribution in [0.2, 0.25) is 0 Å². The van der Waals surface area contributed by atoms with Gasteiger partial charge in [0, 0.05) is 0 Å². The minimum Gasteiger partial charge on any atom is -0.0556 e. The molecule has 1 heterocycles. The van der Waals surface area contributed by atoms with Crippen molar-refractivity contribution < 1.29 is 0 Å². The Labute approximate surface area is 197 Å².